The largest absolute Gasteiger partial charge is 0.445 e. The Morgan fingerprint density at radius 1 is 1.00 bits per heavy atom. The van der Waals surface area contributed by atoms with Crippen molar-refractivity contribution in [3.63, 3.8) is 0 Å². The third-order valence-electron chi connectivity index (χ3n) is 4.92. The van der Waals surface area contributed by atoms with Crippen molar-refractivity contribution in [3.8, 4) is 0 Å². The molecule has 2 fully saturated rings. The smallest absolute Gasteiger partial charge is 0.352 e. The van der Waals surface area contributed by atoms with Gasteiger partial charge >= 0.3 is 6.18 Å². The highest BCUT2D eigenvalue weighted by molar-refractivity contribution is 7.15. The monoisotopic (exact) mass is 412 g/mol. The summed E-state index contributed by atoms with van der Waals surface area (Å²) in [6.45, 7) is 3.58. The van der Waals surface area contributed by atoms with Gasteiger partial charge in [-0.05, 0) is 25.0 Å². The SMILES string of the molecule is O=C(c1cccnc1N1CCN(c2nnc(C(F)(F)F)s2)CC1)N1CCCC1. The van der Waals surface area contributed by atoms with Gasteiger partial charge in [0, 0.05) is 45.5 Å². The molecule has 0 aromatic carbocycles. The van der Waals surface area contributed by atoms with Crippen LogP contribution in [0.2, 0.25) is 0 Å². The van der Waals surface area contributed by atoms with Crippen molar-refractivity contribution < 1.29 is 18.0 Å². The molecule has 2 aromatic heterocycles. The van der Waals surface area contributed by atoms with Gasteiger partial charge in [-0.1, -0.05) is 11.3 Å². The van der Waals surface area contributed by atoms with Crippen LogP contribution in [0.5, 0.6) is 0 Å². The average Bonchev–Trinajstić information content (AvgIpc) is 3.39. The Morgan fingerprint density at radius 3 is 2.32 bits per heavy atom. The van der Waals surface area contributed by atoms with E-state index in [1.807, 2.05) is 9.80 Å². The summed E-state index contributed by atoms with van der Waals surface area (Å²) in [7, 11) is 0. The number of pyridine rings is 1. The van der Waals surface area contributed by atoms with Crippen molar-refractivity contribution in [2.45, 2.75) is 19.0 Å². The summed E-state index contributed by atoms with van der Waals surface area (Å²) in [5, 5.41) is 6.26. The number of piperazine rings is 1. The number of amides is 1. The molecule has 7 nitrogen and oxygen atoms in total. The third kappa shape index (κ3) is 3.75. The molecule has 0 unspecified atom stereocenters. The van der Waals surface area contributed by atoms with Gasteiger partial charge in [0.25, 0.3) is 5.91 Å². The number of alkyl halides is 3. The van der Waals surface area contributed by atoms with Gasteiger partial charge in [0.05, 0.1) is 5.56 Å². The van der Waals surface area contributed by atoms with Crippen LogP contribution in [0.4, 0.5) is 24.1 Å². The number of nitrogens with zero attached hydrogens (tertiary/aromatic N) is 6. The van der Waals surface area contributed by atoms with Gasteiger partial charge < -0.3 is 14.7 Å². The lowest BCUT2D eigenvalue weighted by Gasteiger charge is -2.35. The van der Waals surface area contributed by atoms with Gasteiger partial charge in [-0.25, -0.2) is 4.98 Å². The molecule has 0 spiro atoms. The summed E-state index contributed by atoms with van der Waals surface area (Å²) in [6, 6.07) is 3.54. The highest BCUT2D eigenvalue weighted by Gasteiger charge is 2.36. The molecular weight excluding hydrogens is 393 g/mol. The molecule has 1 amide bonds. The molecule has 2 aliphatic heterocycles. The van der Waals surface area contributed by atoms with Crippen LogP contribution in [0.25, 0.3) is 0 Å². The molecule has 2 aromatic rings. The zero-order valence-electron chi connectivity index (χ0n) is 15.0. The van der Waals surface area contributed by atoms with E-state index in [4.69, 9.17) is 0 Å². The predicted octanol–water partition coefficient (Wildman–Crippen LogP) is 2.51. The zero-order chi connectivity index (χ0) is 19.7. The fraction of sp³-hybridized carbons (Fsp3) is 0.529. The molecule has 11 heteroatoms. The average molecular weight is 412 g/mol. The Labute approximate surface area is 163 Å². The van der Waals surface area contributed by atoms with Crippen LogP contribution in [0.15, 0.2) is 18.3 Å². The van der Waals surface area contributed by atoms with E-state index in [-0.39, 0.29) is 11.0 Å². The van der Waals surface area contributed by atoms with Crippen LogP contribution in [0, 0.1) is 0 Å². The first-order chi connectivity index (χ1) is 13.4. The lowest BCUT2D eigenvalue weighted by atomic mass is 10.2. The number of rotatable bonds is 3. The van der Waals surface area contributed by atoms with Crippen molar-refractivity contribution in [2.75, 3.05) is 49.1 Å². The van der Waals surface area contributed by atoms with Crippen LogP contribution < -0.4 is 9.80 Å². The second kappa shape index (κ2) is 7.53. The number of halogens is 3. The molecule has 0 N–H and O–H groups in total. The molecule has 0 radical (unpaired) electrons. The Kier molecular flexibility index (Phi) is 5.09. The number of likely N-dealkylation sites (tertiary alicyclic amines) is 1. The molecule has 0 atom stereocenters. The standard InChI is InChI=1S/C17H19F3N6OS/c18-17(19,20)15-22-23-16(28-15)26-10-8-24(9-11-26)13-12(4-3-5-21-13)14(27)25-6-1-2-7-25/h3-5H,1-2,6-11H2. The number of carbonyl (C=O) groups excluding carboxylic acids is 1. The third-order valence-corrected chi connectivity index (χ3v) is 5.95. The van der Waals surface area contributed by atoms with Crippen molar-refractivity contribution >= 4 is 28.2 Å². The summed E-state index contributed by atoms with van der Waals surface area (Å²) < 4.78 is 38.2. The maximum Gasteiger partial charge on any atom is 0.445 e. The topological polar surface area (TPSA) is 65.5 Å². The fourth-order valence-corrected chi connectivity index (χ4v) is 4.24. The van der Waals surface area contributed by atoms with E-state index in [0.717, 1.165) is 25.9 Å². The minimum absolute atomic E-state index is 0.0121. The first-order valence-corrected chi connectivity index (χ1v) is 9.90. The molecule has 0 bridgehead atoms. The van der Waals surface area contributed by atoms with E-state index in [2.05, 4.69) is 15.2 Å². The number of hydrogen-bond donors (Lipinski definition) is 0. The van der Waals surface area contributed by atoms with Crippen molar-refractivity contribution in [2.24, 2.45) is 0 Å². The minimum atomic E-state index is -4.48. The predicted molar refractivity (Wildman–Crippen MR) is 98.7 cm³/mol. The lowest BCUT2D eigenvalue weighted by molar-refractivity contribution is -0.138. The normalized spacial score (nSPS) is 18.0. The summed E-state index contributed by atoms with van der Waals surface area (Å²) in [5.41, 5.74) is 0.577. The van der Waals surface area contributed by atoms with E-state index < -0.39 is 11.2 Å². The van der Waals surface area contributed by atoms with E-state index >= 15 is 0 Å². The van der Waals surface area contributed by atoms with Gasteiger partial charge in [-0.3, -0.25) is 4.79 Å². The van der Waals surface area contributed by atoms with Gasteiger partial charge in [-0.2, -0.15) is 13.2 Å². The summed E-state index contributed by atoms with van der Waals surface area (Å²) in [4.78, 5) is 22.9. The van der Waals surface area contributed by atoms with E-state index in [0.29, 0.717) is 48.9 Å². The quantitative estimate of drug-likeness (QED) is 0.772. The molecule has 150 valence electrons. The lowest BCUT2D eigenvalue weighted by Crippen LogP contribution is -2.47. The first kappa shape index (κ1) is 18.9. The molecular formula is C17H19F3N6OS. The maximum atomic E-state index is 12.8. The van der Waals surface area contributed by atoms with Crippen molar-refractivity contribution in [1.29, 1.82) is 0 Å². The maximum absolute atomic E-state index is 12.8. The molecule has 2 aliphatic rings. The number of carbonyl (C=O) groups is 1. The Bertz CT molecular complexity index is 843. The number of aromatic nitrogens is 3. The zero-order valence-corrected chi connectivity index (χ0v) is 15.8. The highest BCUT2D eigenvalue weighted by Crippen LogP contribution is 2.34. The minimum Gasteiger partial charge on any atom is -0.352 e. The van der Waals surface area contributed by atoms with Crippen LogP contribution in [0.1, 0.15) is 28.2 Å². The molecule has 4 rings (SSSR count). The van der Waals surface area contributed by atoms with Gasteiger partial charge in [0.15, 0.2) is 0 Å². The summed E-state index contributed by atoms with van der Waals surface area (Å²) in [6.07, 6.45) is -0.789. The Morgan fingerprint density at radius 2 is 1.68 bits per heavy atom. The molecule has 2 saturated heterocycles. The van der Waals surface area contributed by atoms with Crippen LogP contribution in [-0.2, 0) is 6.18 Å². The van der Waals surface area contributed by atoms with Crippen molar-refractivity contribution in [1.82, 2.24) is 20.1 Å². The van der Waals surface area contributed by atoms with Crippen molar-refractivity contribution in [3.05, 3.63) is 28.9 Å². The fourth-order valence-electron chi connectivity index (χ4n) is 3.47. The van der Waals surface area contributed by atoms with E-state index in [1.54, 1.807) is 23.2 Å². The van der Waals surface area contributed by atoms with Gasteiger partial charge in [-0.15, -0.1) is 10.2 Å². The number of hydrogen-bond acceptors (Lipinski definition) is 7. The molecule has 0 aliphatic carbocycles. The highest BCUT2D eigenvalue weighted by atomic mass is 32.1. The van der Waals surface area contributed by atoms with Crippen LogP contribution in [-0.4, -0.2) is 65.3 Å². The second-order valence-corrected chi connectivity index (χ2v) is 7.69. The summed E-state index contributed by atoms with van der Waals surface area (Å²) >= 11 is 0.552. The van der Waals surface area contributed by atoms with Gasteiger partial charge in [0.2, 0.25) is 10.1 Å². The number of anilines is 2. The molecule has 0 saturated carbocycles. The van der Waals surface area contributed by atoms with E-state index in [1.165, 1.54) is 0 Å². The van der Waals surface area contributed by atoms with Crippen LogP contribution >= 0.6 is 11.3 Å². The van der Waals surface area contributed by atoms with Crippen LogP contribution in [0.3, 0.4) is 0 Å². The first-order valence-electron chi connectivity index (χ1n) is 9.08. The molecule has 4 heterocycles. The second-order valence-electron chi connectivity index (χ2n) is 6.74. The van der Waals surface area contributed by atoms with Gasteiger partial charge in [0.1, 0.15) is 5.82 Å². The summed E-state index contributed by atoms with van der Waals surface area (Å²) in [5.74, 6) is 0.620. The Balaban J connectivity index is 1.46. The molecule has 28 heavy (non-hydrogen) atoms. The van der Waals surface area contributed by atoms with E-state index in [9.17, 15) is 18.0 Å². The Hall–Kier alpha value is -2.43.